The van der Waals surface area contributed by atoms with Crippen LogP contribution >= 0.6 is 23.1 Å². The van der Waals surface area contributed by atoms with E-state index in [0.29, 0.717) is 43.9 Å². The number of rotatable bonds is 13. The van der Waals surface area contributed by atoms with Gasteiger partial charge < -0.3 is 30.5 Å². The number of benzene rings is 4. The zero-order valence-corrected chi connectivity index (χ0v) is 34.7. The number of phenolic OH excluding ortho intramolecular Hbond substituents is 1. The summed E-state index contributed by atoms with van der Waals surface area (Å²) in [5.74, 6) is -1.12. The van der Waals surface area contributed by atoms with Crippen LogP contribution in [0.5, 0.6) is 11.5 Å². The zero-order chi connectivity index (χ0) is 41.4. The lowest BCUT2D eigenvalue weighted by Crippen LogP contribution is -2.30. The largest absolute Gasteiger partial charge is 0.508 e. The number of fused-ring (bicyclic) bond motifs is 1. The van der Waals surface area contributed by atoms with Crippen LogP contribution in [0, 0.1) is 11.3 Å². The van der Waals surface area contributed by atoms with Crippen molar-refractivity contribution in [2.24, 2.45) is 11.3 Å². The molecule has 0 saturated heterocycles. The Morgan fingerprint density at radius 2 is 1.66 bits per heavy atom. The van der Waals surface area contributed by atoms with E-state index in [1.54, 1.807) is 61.5 Å². The summed E-state index contributed by atoms with van der Waals surface area (Å²) in [6.45, 7) is 8.71. The minimum Gasteiger partial charge on any atom is -0.508 e. The van der Waals surface area contributed by atoms with Crippen LogP contribution in [-0.2, 0) is 27.2 Å². The van der Waals surface area contributed by atoms with Crippen molar-refractivity contribution in [3.63, 3.8) is 0 Å². The molecule has 0 bridgehead atoms. The summed E-state index contributed by atoms with van der Waals surface area (Å²) in [6.07, 6.45) is 3.99. The van der Waals surface area contributed by atoms with Crippen LogP contribution < -0.4 is 20.7 Å². The Morgan fingerprint density at radius 3 is 2.34 bits per heavy atom. The number of ether oxygens (including phenoxy) is 2. The van der Waals surface area contributed by atoms with Crippen molar-refractivity contribution in [3.05, 3.63) is 142 Å². The van der Waals surface area contributed by atoms with Gasteiger partial charge in [0.05, 0.1) is 19.3 Å². The molecule has 0 spiro atoms. The van der Waals surface area contributed by atoms with Crippen molar-refractivity contribution < 1.29 is 33.8 Å². The van der Waals surface area contributed by atoms with Crippen molar-refractivity contribution in [2.45, 2.75) is 57.1 Å². The molecule has 0 saturated carbocycles. The highest BCUT2D eigenvalue weighted by Crippen LogP contribution is 2.45. The molecule has 2 unspecified atom stereocenters. The molecular weight excluding hydrogens is 771 g/mol. The maximum Gasteiger partial charge on any atom is 0.341 e. The fraction of sp³-hybridized carbons (Fsp3) is 0.261. The quantitative estimate of drug-likeness (QED) is 0.0523. The lowest BCUT2D eigenvalue weighted by molar-refractivity contribution is -0.116. The van der Waals surface area contributed by atoms with Crippen LogP contribution in [0.1, 0.15) is 81.6 Å². The first kappa shape index (κ1) is 41.8. The molecule has 1 heterocycles. The molecule has 300 valence electrons. The van der Waals surface area contributed by atoms with Gasteiger partial charge >= 0.3 is 5.97 Å². The van der Waals surface area contributed by atoms with Gasteiger partial charge in [-0.1, -0.05) is 75.4 Å². The van der Waals surface area contributed by atoms with Gasteiger partial charge in [-0.05, 0) is 97.2 Å². The Kier molecular flexibility index (Phi) is 13.4. The van der Waals surface area contributed by atoms with Gasteiger partial charge in [-0.25, -0.2) is 4.79 Å². The van der Waals surface area contributed by atoms with Crippen LogP contribution in [0.2, 0.25) is 0 Å². The Labute approximate surface area is 347 Å². The number of carbonyl (C=O) groups is 4. The summed E-state index contributed by atoms with van der Waals surface area (Å²) in [7, 11) is 1.44. The highest BCUT2D eigenvalue weighted by molar-refractivity contribution is 8.00. The van der Waals surface area contributed by atoms with E-state index in [0.717, 1.165) is 35.3 Å². The fourth-order valence-electron chi connectivity index (χ4n) is 6.81. The highest BCUT2D eigenvalue weighted by atomic mass is 32.2. The molecular formula is C46H47N3O7S2. The first-order chi connectivity index (χ1) is 27.8. The molecule has 5 aromatic rings. The standard InChI is InChI=1S/C46H47N3O7S2/c1-6-56-45(54)39-35-23-21-31(46(2,3)4)25-38(35)58-44(39)49-43(53)40(28-14-9-7-10-15-28)57-34-19-13-18-32(26-34)47-42(52)36(48-41(51)29-16-11-8-12-17-29)24-30-20-22-33(50)27-37(30)55-5/h7-20,22,24,26-27,31,40,50H,6,21,23,25H2,1-5H3,(H,47,52)(H,48,51)(H,49,53)/b36-24+. The molecule has 3 amide bonds. The number of phenols is 1. The van der Waals surface area contributed by atoms with Crippen molar-refractivity contribution in [1.82, 2.24) is 5.32 Å². The van der Waals surface area contributed by atoms with Crippen LogP contribution in [0.25, 0.3) is 6.08 Å². The number of hydrogen-bond acceptors (Lipinski definition) is 9. The second kappa shape index (κ2) is 18.6. The van der Waals surface area contributed by atoms with Crippen molar-refractivity contribution >= 4 is 63.6 Å². The summed E-state index contributed by atoms with van der Waals surface area (Å²) in [4.78, 5) is 56.7. The van der Waals surface area contributed by atoms with E-state index >= 15 is 0 Å². The smallest absolute Gasteiger partial charge is 0.341 e. The van der Waals surface area contributed by atoms with Crippen molar-refractivity contribution in [1.29, 1.82) is 0 Å². The van der Waals surface area contributed by atoms with Crippen LogP contribution in [0.4, 0.5) is 10.7 Å². The van der Waals surface area contributed by atoms with E-state index in [1.165, 1.54) is 48.4 Å². The monoisotopic (exact) mass is 817 g/mol. The topological polar surface area (TPSA) is 143 Å². The summed E-state index contributed by atoms with van der Waals surface area (Å²) in [5, 5.41) is 18.5. The second-order valence-corrected chi connectivity index (χ2v) is 17.2. The lowest BCUT2D eigenvalue weighted by atomic mass is 9.72. The third-order valence-corrected chi connectivity index (χ3v) is 12.4. The average molecular weight is 818 g/mol. The molecule has 10 nitrogen and oxygen atoms in total. The third-order valence-electron chi connectivity index (χ3n) is 9.94. The molecule has 1 aliphatic rings. The summed E-state index contributed by atoms with van der Waals surface area (Å²) < 4.78 is 10.9. The molecule has 2 atom stereocenters. The summed E-state index contributed by atoms with van der Waals surface area (Å²) in [5.41, 5.74) is 3.42. The van der Waals surface area contributed by atoms with Crippen LogP contribution in [0.15, 0.2) is 114 Å². The molecule has 6 rings (SSSR count). The SMILES string of the molecule is CCOC(=O)c1c(NC(=O)C(Sc2cccc(NC(=O)/C(=C\c3ccc(O)cc3OC)NC(=O)c3ccccc3)c2)c2ccccc2)sc2c1CCC(C(C)(C)C)C2. The lowest BCUT2D eigenvalue weighted by Gasteiger charge is -2.33. The Hall–Kier alpha value is -5.85. The number of amides is 3. The summed E-state index contributed by atoms with van der Waals surface area (Å²) in [6, 6.07) is 29.4. The molecule has 1 aliphatic carbocycles. The van der Waals surface area contributed by atoms with Gasteiger partial charge in [0.15, 0.2) is 0 Å². The minimum absolute atomic E-state index is 0.0201. The first-order valence-corrected chi connectivity index (χ1v) is 20.7. The maximum atomic E-state index is 14.4. The van der Waals surface area contributed by atoms with E-state index in [4.69, 9.17) is 9.47 Å². The van der Waals surface area contributed by atoms with Gasteiger partial charge in [0, 0.05) is 32.7 Å². The molecule has 58 heavy (non-hydrogen) atoms. The fourth-order valence-corrected chi connectivity index (χ4v) is 9.21. The molecule has 4 aromatic carbocycles. The predicted octanol–water partition coefficient (Wildman–Crippen LogP) is 9.67. The van der Waals surface area contributed by atoms with Gasteiger partial charge in [-0.15, -0.1) is 23.1 Å². The molecule has 4 N–H and O–H groups in total. The van der Waals surface area contributed by atoms with Gasteiger partial charge in [-0.2, -0.15) is 0 Å². The van der Waals surface area contributed by atoms with E-state index in [2.05, 4.69) is 36.7 Å². The molecule has 12 heteroatoms. The van der Waals surface area contributed by atoms with E-state index in [9.17, 15) is 24.3 Å². The van der Waals surface area contributed by atoms with E-state index in [-0.39, 0.29) is 29.4 Å². The molecule has 1 aromatic heterocycles. The minimum atomic E-state index is -0.730. The first-order valence-electron chi connectivity index (χ1n) is 19.0. The van der Waals surface area contributed by atoms with Gasteiger partial charge in [0.1, 0.15) is 27.4 Å². The predicted molar refractivity (Wildman–Crippen MR) is 231 cm³/mol. The van der Waals surface area contributed by atoms with Crippen molar-refractivity contribution in [2.75, 3.05) is 24.4 Å². The van der Waals surface area contributed by atoms with Crippen LogP contribution in [0.3, 0.4) is 0 Å². The zero-order valence-electron chi connectivity index (χ0n) is 33.1. The number of thiophene rings is 1. The Balaban J connectivity index is 1.27. The van der Waals surface area contributed by atoms with Gasteiger partial charge in [0.2, 0.25) is 5.91 Å². The van der Waals surface area contributed by atoms with Gasteiger partial charge in [-0.3, -0.25) is 14.4 Å². The Bertz CT molecular complexity index is 2320. The number of hydrogen-bond donors (Lipinski definition) is 4. The maximum absolute atomic E-state index is 14.4. The van der Waals surface area contributed by atoms with Crippen molar-refractivity contribution in [3.8, 4) is 11.5 Å². The Morgan fingerprint density at radius 1 is 0.931 bits per heavy atom. The third kappa shape index (κ3) is 10.2. The molecule has 0 radical (unpaired) electrons. The second-order valence-electron chi connectivity index (χ2n) is 14.9. The number of esters is 1. The molecule has 0 aliphatic heterocycles. The average Bonchev–Trinajstić information content (AvgIpc) is 3.57. The normalized spacial score (nSPS) is 14.4. The highest BCUT2D eigenvalue weighted by Gasteiger charge is 2.35. The number of methoxy groups -OCH3 is 1. The van der Waals surface area contributed by atoms with Crippen LogP contribution in [-0.4, -0.2) is 42.5 Å². The van der Waals surface area contributed by atoms with E-state index in [1.807, 2.05) is 36.4 Å². The molecule has 0 fully saturated rings. The number of nitrogens with one attached hydrogen (secondary N) is 3. The number of anilines is 2. The number of thioether (sulfide) groups is 1. The number of carbonyl (C=O) groups excluding carboxylic acids is 4. The van der Waals surface area contributed by atoms with Gasteiger partial charge in [0.25, 0.3) is 11.8 Å². The van der Waals surface area contributed by atoms with E-state index < -0.39 is 23.0 Å². The number of aromatic hydroxyl groups is 1. The summed E-state index contributed by atoms with van der Waals surface area (Å²) >= 11 is 2.76.